The zero-order chi connectivity index (χ0) is 21.5. The predicted molar refractivity (Wildman–Crippen MR) is 115 cm³/mol. The molecule has 0 bridgehead atoms. The second-order valence-corrected chi connectivity index (χ2v) is 7.82. The van der Waals surface area contributed by atoms with Gasteiger partial charge in [-0.2, -0.15) is 4.98 Å². The first-order valence-electron chi connectivity index (χ1n) is 9.92. The van der Waals surface area contributed by atoms with Crippen molar-refractivity contribution in [3.05, 3.63) is 70.1 Å². The van der Waals surface area contributed by atoms with Crippen LogP contribution in [0.4, 0.5) is 21.7 Å². The molecule has 1 atom stereocenters. The quantitative estimate of drug-likeness (QED) is 0.641. The number of hydrogen-bond donors (Lipinski definition) is 2. The van der Waals surface area contributed by atoms with Gasteiger partial charge in [-0.1, -0.05) is 23.7 Å². The molecule has 3 heterocycles. The molecule has 0 saturated heterocycles. The monoisotopic (exact) mass is 439 g/mol. The van der Waals surface area contributed by atoms with Crippen LogP contribution in [-0.4, -0.2) is 28.6 Å². The molecule has 5 rings (SSSR count). The first-order valence-corrected chi connectivity index (χ1v) is 10.3. The molecule has 2 N–H and O–H groups in total. The van der Waals surface area contributed by atoms with Gasteiger partial charge in [0.05, 0.1) is 5.02 Å². The van der Waals surface area contributed by atoms with E-state index in [1.54, 1.807) is 6.92 Å². The lowest BCUT2D eigenvalue weighted by Crippen LogP contribution is -2.47. The van der Waals surface area contributed by atoms with E-state index < -0.39 is 18.0 Å². The molecule has 0 saturated carbocycles. The Kier molecular flexibility index (Phi) is 4.95. The van der Waals surface area contributed by atoms with Crippen molar-refractivity contribution in [3.8, 4) is 5.88 Å². The van der Waals surface area contributed by atoms with Crippen molar-refractivity contribution in [1.29, 1.82) is 0 Å². The van der Waals surface area contributed by atoms with Crippen molar-refractivity contribution >= 4 is 34.8 Å². The van der Waals surface area contributed by atoms with Crippen LogP contribution in [0.25, 0.3) is 0 Å². The Hall–Kier alpha value is -3.23. The number of aromatic nitrogens is 2. The average molecular weight is 440 g/mol. The van der Waals surface area contributed by atoms with Crippen LogP contribution in [-0.2, 0) is 13.0 Å². The van der Waals surface area contributed by atoms with E-state index in [4.69, 9.17) is 16.3 Å². The molecule has 0 fully saturated rings. The zero-order valence-corrected chi connectivity index (χ0v) is 17.4. The summed E-state index contributed by atoms with van der Waals surface area (Å²) in [5.41, 5.74) is 3.50. The smallest absolute Gasteiger partial charge is 0.268 e. The maximum Gasteiger partial charge on any atom is 0.268 e. The van der Waals surface area contributed by atoms with E-state index in [1.165, 1.54) is 40.4 Å². The lowest BCUT2D eigenvalue weighted by atomic mass is 10.0. The predicted octanol–water partition coefficient (Wildman–Crippen LogP) is 4.04. The molecule has 2 aliphatic heterocycles. The van der Waals surface area contributed by atoms with E-state index in [0.29, 0.717) is 5.95 Å². The van der Waals surface area contributed by atoms with Crippen LogP contribution in [0.2, 0.25) is 5.02 Å². The van der Waals surface area contributed by atoms with E-state index in [-0.39, 0.29) is 22.2 Å². The van der Waals surface area contributed by atoms with Gasteiger partial charge < -0.3 is 15.4 Å². The molecule has 9 heteroatoms. The summed E-state index contributed by atoms with van der Waals surface area (Å²) in [7, 11) is 0. The Bertz CT molecular complexity index is 1170. The number of nitrogens with zero attached hydrogens (tertiary/aromatic N) is 3. The number of benzene rings is 2. The summed E-state index contributed by atoms with van der Waals surface area (Å²) >= 11 is 6.15. The number of anilines is 3. The average Bonchev–Trinajstić information content (AvgIpc) is 2.75. The number of nitrogens with one attached hydrogen (secondary N) is 2. The van der Waals surface area contributed by atoms with E-state index in [1.807, 2.05) is 6.07 Å². The summed E-state index contributed by atoms with van der Waals surface area (Å²) in [6.45, 7) is 3.43. The van der Waals surface area contributed by atoms with Crippen LogP contribution in [0.1, 0.15) is 28.4 Å². The van der Waals surface area contributed by atoms with Gasteiger partial charge in [-0.25, -0.2) is 9.37 Å². The molecule has 0 spiro atoms. The largest absolute Gasteiger partial charge is 0.453 e. The number of halogens is 2. The zero-order valence-electron chi connectivity index (χ0n) is 16.7. The van der Waals surface area contributed by atoms with Crippen LogP contribution in [0.3, 0.4) is 0 Å². The standard InChI is InChI=1S/C22H19ClFN5O2/c1-12-29(19-17(23)3-2-4-18(19)24)21(30)16-11-26-22(28-20(16)31-12)27-15-6-5-13-7-8-25-10-14(13)9-15/h2-6,9,11-12,25H,7-8,10H2,1H3,(H,26,27,28). The Balaban J connectivity index is 1.43. The third-order valence-electron chi connectivity index (χ3n) is 5.38. The number of carbonyl (C=O) groups is 1. The van der Waals surface area contributed by atoms with Crippen LogP contribution >= 0.6 is 11.6 Å². The summed E-state index contributed by atoms with van der Waals surface area (Å²) in [5.74, 6) is -0.647. The Labute approximate surface area is 183 Å². The molecule has 2 aliphatic rings. The number of rotatable bonds is 3. The Morgan fingerprint density at radius 3 is 3.00 bits per heavy atom. The van der Waals surface area contributed by atoms with Crippen molar-refractivity contribution in [2.24, 2.45) is 0 Å². The normalized spacial score (nSPS) is 17.6. The van der Waals surface area contributed by atoms with Crippen LogP contribution < -0.4 is 20.3 Å². The topological polar surface area (TPSA) is 79.4 Å². The Morgan fingerprint density at radius 1 is 1.29 bits per heavy atom. The third kappa shape index (κ3) is 3.58. The molecule has 3 aromatic rings. The van der Waals surface area contributed by atoms with E-state index in [0.717, 1.165) is 25.2 Å². The fourth-order valence-corrected chi connectivity index (χ4v) is 4.12. The van der Waals surface area contributed by atoms with Gasteiger partial charge in [0, 0.05) is 18.4 Å². The van der Waals surface area contributed by atoms with Crippen molar-refractivity contribution in [2.75, 3.05) is 16.8 Å². The summed E-state index contributed by atoms with van der Waals surface area (Å²) in [4.78, 5) is 22.9. The van der Waals surface area contributed by atoms with Crippen molar-refractivity contribution in [1.82, 2.24) is 15.3 Å². The van der Waals surface area contributed by atoms with Crippen molar-refractivity contribution in [2.45, 2.75) is 26.1 Å². The molecule has 1 unspecified atom stereocenters. The van der Waals surface area contributed by atoms with Gasteiger partial charge in [0.25, 0.3) is 5.91 Å². The minimum absolute atomic E-state index is 0.0304. The van der Waals surface area contributed by atoms with E-state index >= 15 is 0 Å². The molecule has 0 radical (unpaired) electrons. The lowest BCUT2D eigenvalue weighted by Gasteiger charge is -2.34. The maximum atomic E-state index is 14.4. The maximum absolute atomic E-state index is 14.4. The van der Waals surface area contributed by atoms with Gasteiger partial charge in [0.1, 0.15) is 17.1 Å². The molecule has 2 aromatic carbocycles. The first-order chi connectivity index (χ1) is 15.0. The van der Waals surface area contributed by atoms with Gasteiger partial charge in [0.2, 0.25) is 11.8 Å². The van der Waals surface area contributed by atoms with Gasteiger partial charge in [-0.15, -0.1) is 0 Å². The fourth-order valence-electron chi connectivity index (χ4n) is 3.86. The minimum Gasteiger partial charge on any atom is -0.453 e. The second kappa shape index (κ2) is 7.79. The van der Waals surface area contributed by atoms with Gasteiger partial charge >= 0.3 is 0 Å². The first kappa shape index (κ1) is 19.7. The molecule has 0 aliphatic carbocycles. The lowest BCUT2D eigenvalue weighted by molar-refractivity contribution is 0.0865. The number of para-hydroxylation sites is 1. The number of ether oxygens (including phenoxy) is 1. The van der Waals surface area contributed by atoms with Crippen molar-refractivity contribution in [3.63, 3.8) is 0 Å². The molecule has 1 aromatic heterocycles. The van der Waals surface area contributed by atoms with Crippen molar-refractivity contribution < 1.29 is 13.9 Å². The fraction of sp³-hybridized carbons (Fsp3) is 0.227. The Morgan fingerprint density at radius 2 is 2.16 bits per heavy atom. The van der Waals surface area contributed by atoms with Crippen LogP contribution in [0, 0.1) is 5.82 Å². The highest BCUT2D eigenvalue weighted by atomic mass is 35.5. The summed E-state index contributed by atoms with van der Waals surface area (Å²) in [5, 5.41) is 6.63. The van der Waals surface area contributed by atoms with Gasteiger partial charge in [-0.3, -0.25) is 9.69 Å². The molecule has 31 heavy (non-hydrogen) atoms. The van der Waals surface area contributed by atoms with Gasteiger partial charge in [-0.05, 0) is 55.3 Å². The number of carbonyl (C=O) groups excluding carboxylic acids is 1. The summed E-state index contributed by atoms with van der Waals surface area (Å²) in [6.07, 6.45) is 1.58. The number of hydrogen-bond acceptors (Lipinski definition) is 6. The second-order valence-electron chi connectivity index (χ2n) is 7.41. The molecular formula is C22H19ClFN5O2. The molecular weight excluding hydrogens is 421 g/mol. The van der Waals surface area contributed by atoms with Gasteiger partial charge in [0.15, 0.2) is 6.23 Å². The third-order valence-corrected chi connectivity index (χ3v) is 5.68. The summed E-state index contributed by atoms with van der Waals surface area (Å²) in [6, 6.07) is 10.4. The highest BCUT2D eigenvalue weighted by Crippen LogP contribution is 2.36. The van der Waals surface area contributed by atoms with E-state index in [2.05, 4.69) is 32.7 Å². The molecule has 158 valence electrons. The highest BCUT2D eigenvalue weighted by Gasteiger charge is 2.36. The van der Waals surface area contributed by atoms with Crippen LogP contribution in [0.15, 0.2) is 42.6 Å². The molecule has 1 amide bonds. The van der Waals surface area contributed by atoms with Crippen LogP contribution in [0.5, 0.6) is 5.88 Å². The number of amides is 1. The molecule has 7 nitrogen and oxygen atoms in total. The number of fused-ring (bicyclic) bond motifs is 2. The SMILES string of the molecule is CC1Oc2nc(Nc3ccc4c(c3)CNCC4)ncc2C(=O)N1c1c(F)cccc1Cl. The highest BCUT2D eigenvalue weighted by molar-refractivity contribution is 6.34. The van der Waals surface area contributed by atoms with E-state index in [9.17, 15) is 9.18 Å². The summed E-state index contributed by atoms with van der Waals surface area (Å²) < 4.78 is 20.2. The minimum atomic E-state index is -0.799.